The molecule has 444 valence electrons. The summed E-state index contributed by atoms with van der Waals surface area (Å²) < 4.78 is 15.5. The summed E-state index contributed by atoms with van der Waals surface area (Å²) in [4.78, 5) is 131. The van der Waals surface area contributed by atoms with Crippen LogP contribution in [0.3, 0.4) is 0 Å². The van der Waals surface area contributed by atoms with E-state index in [-0.39, 0.29) is 58.0 Å². The number of aliphatic hydroxyl groups excluding tert-OH is 1. The van der Waals surface area contributed by atoms with Crippen LogP contribution in [-0.2, 0) is 14.2 Å². The van der Waals surface area contributed by atoms with Crippen molar-refractivity contribution in [3.8, 4) is 0 Å². The summed E-state index contributed by atoms with van der Waals surface area (Å²) in [5, 5.41) is 5.69. The Hall–Kier alpha value is -10.4. The van der Waals surface area contributed by atoms with Gasteiger partial charge >= 0.3 is 17.9 Å². The number of hydrogen-bond acceptors (Lipinski definition) is 22. The van der Waals surface area contributed by atoms with Crippen molar-refractivity contribution in [1.82, 2.24) is 59.8 Å². The van der Waals surface area contributed by atoms with Crippen molar-refractivity contribution in [2.24, 2.45) is 0 Å². The van der Waals surface area contributed by atoms with Crippen molar-refractivity contribution in [3.63, 3.8) is 0 Å². The van der Waals surface area contributed by atoms with Gasteiger partial charge in [0.05, 0.1) is 103 Å². The highest BCUT2D eigenvalue weighted by Gasteiger charge is 2.23. The van der Waals surface area contributed by atoms with Crippen molar-refractivity contribution >= 4 is 201 Å². The van der Waals surface area contributed by atoms with E-state index in [0.29, 0.717) is 149 Å². The molecule has 1 N–H and O–H groups in total. The van der Waals surface area contributed by atoms with Gasteiger partial charge < -0.3 is 19.3 Å². The van der Waals surface area contributed by atoms with Crippen molar-refractivity contribution in [1.29, 1.82) is 0 Å². The minimum absolute atomic E-state index is 0. The molecule has 8 aromatic carbocycles. The minimum atomic E-state index is -0.631. The molecule has 0 bridgehead atoms. The van der Waals surface area contributed by atoms with Crippen LogP contribution in [0.2, 0.25) is 0 Å². The number of fused-ring (bicyclic) bond motifs is 18. The molecule has 0 atom stereocenters. The average Bonchev–Trinajstić information content (AvgIpc) is 0.752. The van der Waals surface area contributed by atoms with Crippen molar-refractivity contribution in [2.75, 3.05) is 26.4 Å². The number of aliphatic hydroxyl groups is 1. The highest BCUT2D eigenvalue weighted by Crippen LogP contribution is 2.36. The van der Waals surface area contributed by atoms with Crippen molar-refractivity contribution in [3.05, 3.63) is 143 Å². The number of aromatic nitrogens is 12. The first-order chi connectivity index (χ1) is 42.1. The molecule has 0 aliphatic carbocycles. The second kappa shape index (κ2) is 25.1. The Morgan fingerprint density at radius 3 is 0.596 bits per heavy atom. The summed E-state index contributed by atoms with van der Waals surface area (Å²) in [6.07, 6.45) is 0. The monoisotopic (exact) mass is 1250 g/mol. The Bertz CT molecular complexity index is 5370. The van der Waals surface area contributed by atoms with Crippen LogP contribution in [0.15, 0.2) is 109 Å². The van der Waals surface area contributed by atoms with Crippen LogP contribution < -0.4 is 0 Å². The largest absolute Gasteiger partial charge is 0.462 e. The molecule has 89 heavy (non-hydrogen) atoms. The SMILES string of the molecule is C.C.CCO.CCOC(=O)c1ccc2nc3c4nc5ccc(C(=O)OCC)cc5nc4c4nc5cc(C(=O)OCC)ccc5nc4c3nc2c1.O=C(Cl)c1ccc2nc3c4nc5ccc(C(=O)Cl)cc5nc4c4nc5cc(C(=O)Cl)ccc5nc4c3nc2c1. The predicted molar refractivity (Wildman–Crippen MR) is 341 cm³/mol. The van der Waals surface area contributed by atoms with E-state index in [0.717, 1.165) is 0 Å². The first-order valence-electron chi connectivity index (χ1n) is 26.7. The van der Waals surface area contributed by atoms with Crippen LogP contribution >= 0.6 is 34.8 Å². The third-order valence-corrected chi connectivity index (χ3v) is 14.2. The normalized spacial score (nSPS) is 11.2. The lowest BCUT2D eigenvalue weighted by Gasteiger charge is -2.11. The second-order valence-electron chi connectivity index (χ2n) is 19.0. The molecule has 0 unspecified atom stereocenters. The van der Waals surface area contributed by atoms with Crippen LogP contribution in [0.25, 0.3) is 132 Å². The third-order valence-electron chi connectivity index (χ3n) is 13.5. The topological polar surface area (TPSA) is 305 Å². The molecule has 0 aliphatic rings. The first-order valence-corrected chi connectivity index (χ1v) is 27.8. The molecule has 0 aliphatic heterocycles. The van der Waals surface area contributed by atoms with Gasteiger partial charge in [0.25, 0.3) is 15.7 Å². The number of esters is 3. The first kappa shape index (κ1) is 61.7. The van der Waals surface area contributed by atoms with E-state index >= 15 is 0 Å². The Morgan fingerprint density at radius 2 is 0.438 bits per heavy atom. The molecule has 0 amide bonds. The fourth-order valence-corrected chi connectivity index (χ4v) is 10.1. The maximum absolute atomic E-state index is 12.5. The van der Waals surface area contributed by atoms with Crippen LogP contribution in [0.5, 0.6) is 0 Å². The number of ether oxygens (including phenoxy) is 3. The molecular formula is C64H47Cl3N12O10. The lowest BCUT2D eigenvalue weighted by Crippen LogP contribution is -2.06. The number of carbonyl (C=O) groups is 6. The highest BCUT2D eigenvalue weighted by molar-refractivity contribution is 6.68. The summed E-state index contributed by atoms with van der Waals surface area (Å²) in [7, 11) is 0. The Balaban J connectivity index is 0.000000186. The van der Waals surface area contributed by atoms with Crippen molar-refractivity contribution in [2.45, 2.75) is 42.5 Å². The molecule has 0 fully saturated rings. The highest BCUT2D eigenvalue weighted by atomic mass is 35.5. The van der Waals surface area contributed by atoms with Crippen LogP contribution in [-0.4, -0.2) is 125 Å². The van der Waals surface area contributed by atoms with Gasteiger partial charge in [-0.25, -0.2) is 74.2 Å². The van der Waals surface area contributed by atoms with Crippen LogP contribution in [0.4, 0.5) is 0 Å². The van der Waals surface area contributed by atoms with E-state index in [1.807, 2.05) is 0 Å². The fourth-order valence-electron chi connectivity index (χ4n) is 9.70. The summed E-state index contributed by atoms with van der Waals surface area (Å²) in [6, 6.07) is 29.1. The van der Waals surface area contributed by atoms with E-state index in [9.17, 15) is 28.8 Å². The fraction of sp³-hybridized carbons (Fsp3) is 0.156. The van der Waals surface area contributed by atoms with Gasteiger partial charge in [0.1, 0.15) is 66.2 Å². The van der Waals surface area contributed by atoms with Gasteiger partial charge in [-0.2, -0.15) is 0 Å². The van der Waals surface area contributed by atoms with Gasteiger partial charge in [0, 0.05) is 23.3 Å². The lowest BCUT2D eigenvalue weighted by molar-refractivity contribution is 0.0517. The van der Waals surface area contributed by atoms with E-state index in [1.54, 1.807) is 131 Å². The maximum Gasteiger partial charge on any atom is 0.338 e. The summed E-state index contributed by atoms with van der Waals surface area (Å²) in [5.74, 6) is -1.41. The zero-order valence-electron chi connectivity index (χ0n) is 45.8. The zero-order valence-corrected chi connectivity index (χ0v) is 48.1. The number of benzene rings is 8. The number of carbonyl (C=O) groups excluding carboxylic acids is 6. The van der Waals surface area contributed by atoms with E-state index in [2.05, 4.69) is 0 Å². The molecule has 0 radical (unpaired) electrons. The van der Waals surface area contributed by atoms with Gasteiger partial charge in [-0.05, 0) is 172 Å². The van der Waals surface area contributed by atoms with E-state index < -0.39 is 33.6 Å². The third kappa shape index (κ3) is 11.5. The average molecular weight is 1250 g/mol. The van der Waals surface area contributed by atoms with Gasteiger partial charge in [-0.1, -0.05) is 14.9 Å². The molecule has 0 spiro atoms. The second-order valence-corrected chi connectivity index (χ2v) is 20.1. The van der Waals surface area contributed by atoms with Crippen LogP contribution in [0.1, 0.15) is 105 Å². The number of hydrogen-bond donors (Lipinski definition) is 1. The molecule has 25 heteroatoms. The molecule has 0 saturated carbocycles. The molecule has 14 rings (SSSR count). The maximum atomic E-state index is 12.5. The smallest absolute Gasteiger partial charge is 0.338 e. The summed E-state index contributed by atoms with van der Waals surface area (Å²) in [6.45, 7) is 7.86. The molecule has 6 aromatic heterocycles. The van der Waals surface area contributed by atoms with Gasteiger partial charge in [-0.3, -0.25) is 14.4 Å². The quantitative estimate of drug-likeness (QED) is 0.0461. The standard InChI is InChI=1S/C33H24N6O6.C27H9Cl3N6O3.C2H6O.2CH4/c1-4-43-31(40)16-7-10-19-22(13-16)37-28-25(34-19)26-29(38-23-14-17(32(41)44-5-2)8-11-20(23)35-26)30-27(28)36-21-12-9-18(15-24(21)39-30)33(42)45-6-3;28-25(37)10-1-4-13-16(7-10)34-22-19(31-13)20-23(35-17-8-11(26(29)38)2-5-14(17)32-20)24-21(22)33-15-6-3-12(27(30)39)9-18(15)36-24;1-2-3;;/h7-15H,4-6H2,1-3H3;1-9H;3H,2H2,1H3;2*1H4. The van der Waals surface area contributed by atoms with Gasteiger partial charge in [-0.15, -0.1) is 0 Å². The van der Waals surface area contributed by atoms with Gasteiger partial charge in [0.15, 0.2) is 0 Å². The number of rotatable bonds is 9. The molecule has 22 nitrogen and oxygen atoms in total. The molecule has 6 heterocycles. The van der Waals surface area contributed by atoms with Crippen LogP contribution in [0, 0.1) is 0 Å². The van der Waals surface area contributed by atoms with Gasteiger partial charge in [0.2, 0.25) is 0 Å². The number of nitrogens with zero attached hydrogens (tertiary/aromatic N) is 12. The Morgan fingerprint density at radius 1 is 0.292 bits per heavy atom. The zero-order chi connectivity index (χ0) is 60.9. The molecular weight excluding hydrogens is 1200 g/mol. The predicted octanol–water partition coefficient (Wildman–Crippen LogP) is 12.9. The van der Waals surface area contributed by atoms with E-state index in [1.165, 1.54) is 6.07 Å². The molecule has 0 saturated heterocycles. The molecule has 14 aromatic rings. The lowest BCUT2D eigenvalue weighted by atomic mass is 10.1. The number of halogens is 3. The summed E-state index contributed by atoms with van der Waals surface area (Å²) in [5.41, 5.74) is 12.2. The van der Waals surface area contributed by atoms with E-state index in [4.69, 9.17) is 114 Å². The Kier molecular flexibility index (Phi) is 17.4. The summed E-state index contributed by atoms with van der Waals surface area (Å²) >= 11 is 17.1. The minimum Gasteiger partial charge on any atom is -0.462 e. The van der Waals surface area contributed by atoms with Crippen molar-refractivity contribution < 1.29 is 48.1 Å². The Labute approximate surface area is 517 Å².